The van der Waals surface area contributed by atoms with E-state index in [1.807, 2.05) is 0 Å². The molecule has 1 rings (SSSR count). The number of rotatable bonds is 5. The van der Waals surface area contributed by atoms with E-state index < -0.39 is 8.32 Å². The second-order valence-corrected chi connectivity index (χ2v) is 14.8. The molecule has 0 spiro atoms. The van der Waals surface area contributed by atoms with Gasteiger partial charge in [-0.15, -0.1) is 0 Å². The van der Waals surface area contributed by atoms with Gasteiger partial charge in [-0.05, 0) is 50.1 Å². The quantitative estimate of drug-likeness (QED) is 0.535. The van der Waals surface area contributed by atoms with Gasteiger partial charge in [-0.2, -0.15) is 0 Å². The number of hydrogen-bond donors (Lipinski definition) is 0. The molecule has 0 aromatic heterocycles. The summed E-state index contributed by atoms with van der Waals surface area (Å²) in [6, 6.07) is 10.8. The fourth-order valence-electron chi connectivity index (χ4n) is 2.22. The maximum absolute atomic E-state index is 6.64. The molecule has 0 saturated carbocycles. The summed E-state index contributed by atoms with van der Waals surface area (Å²) in [7, 11) is -1.85. The van der Waals surface area contributed by atoms with E-state index in [9.17, 15) is 0 Å². The average molecular weight is 310 g/mol. The lowest BCUT2D eigenvalue weighted by molar-refractivity contribution is 0.116. The van der Waals surface area contributed by atoms with Crippen LogP contribution in [0.4, 0.5) is 0 Å². The maximum Gasteiger partial charge on any atom is 0.192 e. The maximum atomic E-state index is 6.64. The molecule has 1 atom stereocenters. The molecular formula is C17H31OPSi. The molecule has 0 fully saturated rings. The van der Waals surface area contributed by atoms with Crippen LogP contribution < -0.4 is 5.30 Å². The molecule has 1 nitrogen and oxygen atoms in total. The first-order chi connectivity index (χ1) is 8.95. The Balaban J connectivity index is 2.75. The summed E-state index contributed by atoms with van der Waals surface area (Å²) in [5.74, 6) is 0. The predicted octanol–water partition coefficient (Wildman–Crippen LogP) is 5.22. The Hall–Kier alpha value is -0.173. The Morgan fingerprint density at radius 2 is 1.50 bits per heavy atom. The Bertz CT molecular complexity index is 420. The third-order valence-corrected chi connectivity index (χ3v) is 11.2. The molecular weight excluding hydrogens is 279 g/mol. The highest BCUT2D eigenvalue weighted by atomic mass is 31.1. The highest BCUT2D eigenvalue weighted by molar-refractivity contribution is 7.64. The zero-order chi connectivity index (χ0) is 15.6. The van der Waals surface area contributed by atoms with Crippen LogP contribution in [0, 0.1) is 0 Å². The van der Waals surface area contributed by atoms with Gasteiger partial charge in [-0.3, -0.25) is 0 Å². The van der Waals surface area contributed by atoms with Gasteiger partial charge in [0.15, 0.2) is 8.32 Å². The minimum atomic E-state index is -1.70. The molecule has 1 aromatic rings. The third-order valence-electron chi connectivity index (χ3n) is 4.15. The Kier molecular flexibility index (Phi) is 5.63. The lowest BCUT2D eigenvalue weighted by Crippen LogP contribution is -2.48. The van der Waals surface area contributed by atoms with Gasteiger partial charge in [0.2, 0.25) is 0 Å². The van der Waals surface area contributed by atoms with E-state index in [1.54, 1.807) is 0 Å². The summed E-state index contributed by atoms with van der Waals surface area (Å²) in [6.07, 6.45) is 1.12. The Labute approximate surface area is 128 Å². The van der Waals surface area contributed by atoms with E-state index in [1.165, 1.54) is 5.30 Å². The van der Waals surface area contributed by atoms with Crippen molar-refractivity contribution in [3.05, 3.63) is 30.3 Å². The van der Waals surface area contributed by atoms with E-state index in [4.69, 9.17) is 4.43 Å². The van der Waals surface area contributed by atoms with E-state index in [2.05, 4.69) is 84.7 Å². The van der Waals surface area contributed by atoms with Crippen molar-refractivity contribution in [2.75, 3.05) is 12.8 Å². The Morgan fingerprint density at radius 3 is 1.95 bits per heavy atom. The van der Waals surface area contributed by atoms with Crippen molar-refractivity contribution in [2.24, 2.45) is 0 Å². The standard InChI is InChI=1S/C17H31OPSi/c1-16(2,3)20(7,8)18-17(4,5)14-19(6)15-12-10-9-11-13-15/h9-13H,14H2,1-8H3. The van der Waals surface area contributed by atoms with Crippen LogP contribution >= 0.6 is 7.92 Å². The molecule has 3 heteroatoms. The first-order valence-corrected chi connectivity index (χ1v) is 12.3. The largest absolute Gasteiger partial charge is 0.412 e. The number of benzene rings is 1. The zero-order valence-electron chi connectivity index (χ0n) is 14.4. The molecule has 0 N–H and O–H groups in total. The van der Waals surface area contributed by atoms with Crippen LogP contribution in [0.1, 0.15) is 34.6 Å². The molecule has 1 aromatic carbocycles. The average Bonchev–Trinajstić information content (AvgIpc) is 2.26. The summed E-state index contributed by atoms with van der Waals surface area (Å²) in [5, 5.41) is 1.74. The van der Waals surface area contributed by atoms with Gasteiger partial charge < -0.3 is 4.43 Å². The molecule has 0 aliphatic carbocycles. The molecule has 114 valence electrons. The van der Waals surface area contributed by atoms with Crippen molar-refractivity contribution < 1.29 is 4.43 Å². The predicted molar refractivity (Wildman–Crippen MR) is 96.1 cm³/mol. The molecule has 0 aliphatic heterocycles. The normalized spacial score (nSPS) is 15.2. The lowest BCUT2D eigenvalue weighted by atomic mass is 10.2. The summed E-state index contributed by atoms with van der Waals surface area (Å²) < 4.78 is 6.64. The van der Waals surface area contributed by atoms with Gasteiger partial charge in [0.25, 0.3) is 0 Å². The van der Waals surface area contributed by atoms with Gasteiger partial charge in [-0.1, -0.05) is 59.0 Å². The number of hydrogen-bond acceptors (Lipinski definition) is 1. The van der Waals surface area contributed by atoms with Gasteiger partial charge >= 0.3 is 0 Å². The van der Waals surface area contributed by atoms with Gasteiger partial charge in [-0.25, -0.2) is 0 Å². The van der Waals surface area contributed by atoms with Crippen LogP contribution in [-0.4, -0.2) is 26.7 Å². The van der Waals surface area contributed by atoms with Crippen molar-refractivity contribution in [3.8, 4) is 0 Å². The van der Waals surface area contributed by atoms with Crippen LogP contribution in [0.2, 0.25) is 18.1 Å². The van der Waals surface area contributed by atoms with Crippen LogP contribution in [0.3, 0.4) is 0 Å². The second kappa shape index (κ2) is 6.30. The summed E-state index contributed by atoms with van der Waals surface area (Å²) >= 11 is 0. The first-order valence-electron chi connectivity index (χ1n) is 7.41. The SMILES string of the molecule is CP(CC(C)(C)O[Si](C)(C)C(C)(C)C)c1ccccc1. The molecule has 0 saturated heterocycles. The fourth-order valence-corrected chi connectivity index (χ4v) is 6.17. The third kappa shape index (κ3) is 4.98. The fraction of sp³-hybridized carbons (Fsp3) is 0.647. The van der Waals surface area contributed by atoms with Crippen molar-refractivity contribution in [2.45, 2.75) is 58.4 Å². The molecule has 20 heavy (non-hydrogen) atoms. The van der Waals surface area contributed by atoms with Crippen molar-refractivity contribution in [3.63, 3.8) is 0 Å². The van der Waals surface area contributed by atoms with Crippen molar-refractivity contribution in [1.82, 2.24) is 0 Å². The van der Waals surface area contributed by atoms with Gasteiger partial charge in [0, 0.05) is 0 Å². The Morgan fingerprint density at radius 1 is 1.00 bits per heavy atom. The second-order valence-electron chi connectivity index (χ2n) is 7.81. The topological polar surface area (TPSA) is 9.23 Å². The lowest BCUT2D eigenvalue weighted by Gasteiger charge is -2.43. The summed E-state index contributed by atoms with van der Waals surface area (Å²) in [5.41, 5.74) is -0.0424. The molecule has 0 heterocycles. The van der Waals surface area contributed by atoms with Gasteiger partial charge in [0.05, 0.1) is 5.60 Å². The minimum Gasteiger partial charge on any atom is -0.412 e. The van der Waals surface area contributed by atoms with Crippen molar-refractivity contribution >= 4 is 21.5 Å². The van der Waals surface area contributed by atoms with Gasteiger partial charge in [0.1, 0.15) is 0 Å². The highest BCUT2D eigenvalue weighted by Crippen LogP contribution is 2.42. The summed E-state index contributed by atoms with van der Waals surface area (Å²) in [6.45, 7) is 18.5. The monoisotopic (exact) mass is 310 g/mol. The van der Waals surface area contributed by atoms with Crippen LogP contribution in [0.5, 0.6) is 0 Å². The molecule has 0 bridgehead atoms. The molecule has 1 unspecified atom stereocenters. The van der Waals surface area contributed by atoms with E-state index in [-0.39, 0.29) is 18.6 Å². The smallest absolute Gasteiger partial charge is 0.192 e. The molecule has 0 radical (unpaired) electrons. The zero-order valence-corrected chi connectivity index (χ0v) is 16.3. The van der Waals surface area contributed by atoms with Crippen LogP contribution in [0.25, 0.3) is 0 Å². The highest BCUT2D eigenvalue weighted by Gasteiger charge is 2.41. The minimum absolute atomic E-state index is 0.0424. The summed E-state index contributed by atoms with van der Waals surface area (Å²) in [4.78, 5) is 0. The van der Waals surface area contributed by atoms with E-state index in [0.29, 0.717) is 0 Å². The molecule has 0 aliphatic rings. The first kappa shape index (κ1) is 17.9. The van der Waals surface area contributed by atoms with Crippen LogP contribution in [0.15, 0.2) is 30.3 Å². The van der Waals surface area contributed by atoms with E-state index >= 15 is 0 Å². The van der Waals surface area contributed by atoms with E-state index in [0.717, 1.165) is 6.16 Å². The molecule has 0 amide bonds. The van der Waals surface area contributed by atoms with Crippen molar-refractivity contribution in [1.29, 1.82) is 0 Å². The van der Waals surface area contributed by atoms with Crippen LogP contribution in [-0.2, 0) is 4.43 Å².